The number of hydrogen-bond acceptors (Lipinski definition) is 1. The molecule has 1 amide bonds. The summed E-state index contributed by atoms with van der Waals surface area (Å²) >= 11 is 0. The van der Waals surface area contributed by atoms with Gasteiger partial charge in [-0.3, -0.25) is 4.79 Å². The number of para-hydroxylation sites is 1. The Kier molecular flexibility index (Phi) is 4.08. The molecule has 2 aromatic rings. The van der Waals surface area contributed by atoms with E-state index in [2.05, 4.69) is 39.0 Å². The van der Waals surface area contributed by atoms with Gasteiger partial charge in [0.25, 0.3) is 5.91 Å². The van der Waals surface area contributed by atoms with Gasteiger partial charge in [-0.15, -0.1) is 0 Å². The number of fused-ring (bicyclic) bond motifs is 1. The molecule has 0 saturated carbocycles. The molecule has 1 aliphatic heterocycles. The van der Waals surface area contributed by atoms with Crippen molar-refractivity contribution in [2.45, 2.75) is 38.6 Å². The maximum Gasteiger partial charge on any atom is 0.251 e. The summed E-state index contributed by atoms with van der Waals surface area (Å²) in [6, 6.07) is 18.2. The average Bonchev–Trinajstić information content (AvgIpc) is 2.53. The lowest BCUT2D eigenvalue weighted by Gasteiger charge is -2.45. The van der Waals surface area contributed by atoms with Crippen molar-refractivity contribution < 1.29 is 4.79 Å². The van der Waals surface area contributed by atoms with Crippen LogP contribution in [0.4, 0.5) is 5.69 Å². The van der Waals surface area contributed by atoms with E-state index in [1.54, 1.807) is 6.08 Å². The van der Waals surface area contributed by atoms with Crippen LogP contribution in [0.2, 0.25) is 0 Å². The van der Waals surface area contributed by atoms with E-state index in [0.717, 1.165) is 17.7 Å². The number of anilines is 1. The molecule has 0 bridgehead atoms. The van der Waals surface area contributed by atoms with Crippen LogP contribution in [0, 0.1) is 0 Å². The molecule has 0 aliphatic carbocycles. The number of amides is 1. The fourth-order valence-electron chi connectivity index (χ4n) is 3.61. The highest BCUT2D eigenvalue weighted by Crippen LogP contribution is 2.43. The van der Waals surface area contributed by atoms with Crippen molar-refractivity contribution in [3.63, 3.8) is 0 Å². The fourth-order valence-corrected chi connectivity index (χ4v) is 3.61. The van der Waals surface area contributed by atoms with Gasteiger partial charge in [-0.25, -0.2) is 0 Å². The molecule has 3 rings (SSSR count). The van der Waals surface area contributed by atoms with Crippen molar-refractivity contribution in [2.75, 3.05) is 4.90 Å². The molecule has 1 unspecified atom stereocenters. The van der Waals surface area contributed by atoms with Crippen molar-refractivity contribution in [1.82, 2.24) is 0 Å². The van der Waals surface area contributed by atoms with Gasteiger partial charge in [-0.1, -0.05) is 55.5 Å². The topological polar surface area (TPSA) is 20.3 Å². The predicted molar refractivity (Wildman–Crippen MR) is 96.5 cm³/mol. The summed E-state index contributed by atoms with van der Waals surface area (Å²) in [4.78, 5) is 14.8. The normalized spacial score (nSPS) is 19.6. The Morgan fingerprint density at radius 3 is 2.48 bits per heavy atom. The Hall–Kier alpha value is -2.35. The average molecular weight is 305 g/mol. The number of benzene rings is 2. The van der Waals surface area contributed by atoms with Gasteiger partial charge in [0, 0.05) is 17.3 Å². The van der Waals surface area contributed by atoms with Crippen LogP contribution in [-0.4, -0.2) is 11.4 Å². The Bertz CT molecular complexity index is 731. The number of carbonyl (C=O) groups is 1. The minimum atomic E-state index is -0.189. The smallest absolute Gasteiger partial charge is 0.251 e. The third-order valence-corrected chi connectivity index (χ3v) is 4.56. The van der Waals surface area contributed by atoms with Gasteiger partial charge in [0.1, 0.15) is 0 Å². The summed E-state index contributed by atoms with van der Waals surface area (Å²) in [5, 5.41) is 0. The lowest BCUT2D eigenvalue weighted by atomic mass is 9.80. The van der Waals surface area contributed by atoms with Crippen LogP contribution in [0.25, 0.3) is 6.08 Å². The third kappa shape index (κ3) is 3.07. The molecule has 0 radical (unpaired) electrons. The Balaban J connectivity index is 1.95. The van der Waals surface area contributed by atoms with Crippen LogP contribution in [0.15, 0.2) is 60.7 Å². The molecule has 1 aliphatic rings. The van der Waals surface area contributed by atoms with Gasteiger partial charge >= 0.3 is 0 Å². The molecule has 1 atom stereocenters. The monoisotopic (exact) mass is 305 g/mol. The molecular formula is C21H23NO. The van der Waals surface area contributed by atoms with Gasteiger partial charge in [0.15, 0.2) is 0 Å². The van der Waals surface area contributed by atoms with E-state index in [4.69, 9.17) is 0 Å². The van der Waals surface area contributed by atoms with Crippen LogP contribution in [0.5, 0.6) is 0 Å². The number of hydrogen-bond donors (Lipinski definition) is 0. The fraction of sp³-hybridized carbons (Fsp3) is 0.286. The van der Waals surface area contributed by atoms with E-state index in [9.17, 15) is 4.79 Å². The molecule has 0 aromatic heterocycles. The van der Waals surface area contributed by atoms with Crippen molar-refractivity contribution in [3.8, 4) is 0 Å². The maximum absolute atomic E-state index is 12.9. The minimum absolute atomic E-state index is 0.0400. The molecule has 2 heteroatoms. The van der Waals surface area contributed by atoms with E-state index >= 15 is 0 Å². The molecule has 2 aromatic carbocycles. The van der Waals surface area contributed by atoms with Gasteiger partial charge in [-0.05, 0) is 49.5 Å². The highest BCUT2D eigenvalue weighted by Gasteiger charge is 2.38. The number of carbonyl (C=O) groups excluding carboxylic acids is 1. The van der Waals surface area contributed by atoms with Crippen molar-refractivity contribution >= 4 is 17.7 Å². The van der Waals surface area contributed by atoms with Gasteiger partial charge < -0.3 is 4.90 Å². The summed E-state index contributed by atoms with van der Waals surface area (Å²) in [5.41, 5.74) is 3.15. The van der Waals surface area contributed by atoms with Gasteiger partial charge in [0.2, 0.25) is 0 Å². The Morgan fingerprint density at radius 1 is 1.09 bits per heavy atom. The SMILES string of the molecule is CC1CC(C)(C)N(C(=O)/C=C/c2ccccc2)c2ccccc21. The molecule has 0 fully saturated rings. The predicted octanol–water partition coefficient (Wildman–Crippen LogP) is 5.02. The summed E-state index contributed by atoms with van der Waals surface area (Å²) in [7, 11) is 0. The first-order valence-electron chi connectivity index (χ1n) is 8.15. The van der Waals surface area contributed by atoms with E-state index in [1.165, 1.54) is 5.56 Å². The molecule has 1 heterocycles. The molecular weight excluding hydrogens is 282 g/mol. The second kappa shape index (κ2) is 6.04. The first-order chi connectivity index (χ1) is 11.0. The Morgan fingerprint density at radius 2 is 1.74 bits per heavy atom. The highest BCUT2D eigenvalue weighted by molar-refractivity contribution is 6.05. The summed E-state index contributed by atoms with van der Waals surface area (Å²) in [5.74, 6) is 0.501. The van der Waals surface area contributed by atoms with Crippen LogP contribution < -0.4 is 4.90 Å². The van der Waals surface area contributed by atoms with Crippen molar-refractivity contribution in [2.24, 2.45) is 0 Å². The standard InChI is InChI=1S/C21H23NO/c1-16-15-21(2,3)22(19-12-8-7-11-18(16)19)20(23)14-13-17-9-5-4-6-10-17/h4-14,16H,15H2,1-3H3/b14-13+. The second-order valence-corrected chi connectivity index (χ2v) is 6.89. The molecule has 0 N–H and O–H groups in total. The molecule has 23 heavy (non-hydrogen) atoms. The molecule has 118 valence electrons. The third-order valence-electron chi connectivity index (χ3n) is 4.56. The minimum Gasteiger partial charge on any atom is -0.303 e. The largest absolute Gasteiger partial charge is 0.303 e. The van der Waals surface area contributed by atoms with Crippen LogP contribution >= 0.6 is 0 Å². The highest BCUT2D eigenvalue weighted by atomic mass is 16.2. The number of rotatable bonds is 2. The van der Waals surface area contributed by atoms with E-state index in [0.29, 0.717) is 5.92 Å². The lowest BCUT2D eigenvalue weighted by Crippen LogP contribution is -2.51. The van der Waals surface area contributed by atoms with Crippen molar-refractivity contribution in [3.05, 3.63) is 71.8 Å². The van der Waals surface area contributed by atoms with Crippen LogP contribution in [0.1, 0.15) is 44.2 Å². The summed E-state index contributed by atoms with van der Waals surface area (Å²) < 4.78 is 0. The quantitative estimate of drug-likeness (QED) is 0.713. The van der Waals surface area contributed by atoms with Crippen molar-refractivity contribution in [1.29, 1.82) is 0 Å². The van der Waals surface area contributed by atoms with E-state index < -0.39 is 0 Å². The molecule has 2 nitrogen and oxygen atoms in total. The molecule has 0 spiro atoms. The first kappa shape index (κ1) is 15.5. The first-order valence-corrected chi connectivity index (χ1v) is 8.15. The lowest BCUT2D eigenvalue weighted by molar-refractivity contribution is -0.115. The van der Waals surface area contributed by atoms with Gasteiger partial charge in [-0.2, -0.15) is 0 Å². The Labute approximate surface area is 138 Å². The zero-order valence-corrected chi connectivity index (χ0v) is 14.0. The van der Waals surface area contributed by atoms with Gasteiger partial charge in [0.05, 0.1) is 0 Å². The molecule has 0 saturated heterocycles. The summed E-state index contributed by atoms with van der Waals surface area (Å²) in [6.07, 6.45) is 4.54. The summed E-state index contributed by atoms with van der Waals surface area (Å²) in [6.45, 7) is 6.53. The zero-order chi connectivity index (χ0) is 16.4. The van der Waals surface area contributed by atoms with Crippen LogP contribution in [-0.2, 0) is 4.79 Å². The maximum atomic E-state index is 12.9. The van der Waals surface area contributed by atoms with Crippen LogP contribution in [0.3, 0.4) is 0 Å². The number of nitrogens with zero attached hydrogens (tertiary/aromatic N) is 1. The second-order valence-electron chi connectivity index (χ2n) is 6.89. The zero-order valence-electron chi connectivity index (χ0n) is 14.0. The van der Waals surface area contributed by atoms with E-state index in [1.807, 2.05) is 47.4 Å². The van der Waals surface area contributed by atoms with E-state index in [-0.39, 0.29) is 11.4 Å².